The Kier molecular flexibility index (Phi) is 8.92. The molecule has 0 unspecified atom stereocenters. The summed E-state index contributed by atoms with van der Waals surface area (Å²) in [4.78, 5) is 51.1. The second kappa shape index (κ2) is 11.6. The van der Waals surface area contributed by atoms with Crippen LogP contribution >= 0.6 is 0 Å². The zero-order chi connectivity index (χ0) is 21.9. The molecule has 1 heterocycles. The topological polar surface area (TPSA) is 131 Å². The molecule has 0 saturated carbocycles. The predicted octanol–water partition coefficient (Wildman–Crippen LogP) is 0.848. The van der Waals surface area contributed by atoms with E-state index in [0.717, 1.165) is 5.56 Å². The lowest BCUT2D eigenvalue weighted by atomic mass is 10.1. The molecule has 0 bridgehead atoms. The Morgan fingerprint density at radius 2 is 1.67 bits per heavy atom. The molecule has 0 aromatic heterocycles. The number of hydrogen-bond donors (Lipinski definition) is 2. The van der Waals surface area contributed by atoms with E-state index in [4.69, 9.17) is 15.2 Å². The van der Waals surface area contributed by atoms with Gasteiger partial charge >= 0.3 is 12.2 Å². The molecule has 1 aliphatic rings. The summed E-state index contributed by atoms with van der Waals surface area (Å²) in [7, 11) is 0. The van der Waals surface area contributed by atoms with Gasteiger partial charge in [0.25, 0.3) is 0 Å². The summed E-state index contributed by atoms with van der Waals surface area (Å²) in [5.74, 6) is -0.921. The van der Waals surface area contributed by atoms with Crippen LogP contribution in [0.15, 0.2) is 30.3 Å². The lowest BCUT2D eigenvalue weighted by Crippen LogP contribution is -2.56. The number of benzene rings is 1. The van der Waals surface area contributed by atoms with E-state index in [9.17, 15) is 19.2 Å². The highest BCUT2D eigenvalue weighted by Crippen LogP contribution is 2.09. The molecule has 1 aromatic rings. The van der Waals surface area contributed by atoms with Crippen molar-refractivity contribution in [2.24, 2.45) is 5.73 Å². The van der Waals surface area contributed by atoms with Gasteiger partial charge in [-0.3, -0.25) is 9.59 Å². The molecule has 1 fully saturated rings. The summed E-state index contributed by atoms with van der Waals surface area (Å²) in [6.07, 6.45) is -1.17. The number of carbonyl (C=O) groups is 4. The summed E-state index contributed by atoms with van der Waals surface area (Å²) in [6, 6.07) is 8.18. The van der Waals surface area contributed by atoms with Crippen molar-refractivity contribution in [1.82, 2.24) is 15.1 Å². The number of amides is 4. The average molecular weight is 420 g/mol. The molecule has 1 saturated heterocycles. The maximum absolute atomic E-state index is 12.9. The number of carbonyl (C=O) groups excluding carboxylic acids is 4. The number of nitrogens with zero attached hydrogens (tertiary/aromatic N) is 2. The molecule has 10 nitrogen and oxygen atoms in total. The predicted molar refractivity (Wildman–Crippen MR) is 107 cm³/mol. The van der Waals surface area contributed by atoms with Crippen molar-refractivity contribution >= 4 is 24.0 Å². The van der Waals surface area contributed by atoms with Crippen LogP contribution in [0.5, 0.6) is 0 Å². The van der Waals surface area contributed by atoms with Gasteiger partial charge in [-0.05, 0) is 18.9 Å². The summed E-state index contributed by atoms with van der Waals surface area (Å²) >= 11 is 0. The molecule has 4 amide bonds. The third-order valence-electron chi connectivity index (χ3n) is 4.60. The number of ether oxygens (including phenoxy) is 2. The first-order chi connectivity index (χ1) is 14.4. The second-order valence-electron chi connectivity index (χ2n) is 6.77. The molecule has 30 heavy (non-hydrogen) atoms. The van der Waals surface area contributed by atoms with Gasteiger partial charge in [0.15, 0.2) is 0 Å². The molecule has 0 spiro atoms. The molecule has 1 aliphatic heterocycles. The summed E-state index contributed by atoms with van der Waals surface area (Å²) in [6.45, 7) is 3.31. The summed E-state index contributed by atoms with van der Waals surface area (Å²) in [5.41, 5.74) is 6.01. The maximum Gasteiger partial charge on any atom is 0.409 e. The highest BCUT2D eigenvalue weighted by molar-refractivity contribution is 5.86. The number of piperazine rings is 1. The van der Waals surface area contributed by atoms with Gasteiger partial charge in [-0.25, -0.2) is 9.59 Å². The van der Waals surface area contributed by atoms with Crippen LogP contribution in [0.25, 0.3) is 0 Å². The van der Waals surface area contributed by atoms with Gasteiger partial charge in [-0.1, -0.05) is 30.3 Å². The Hall–Kier alpha value is -3.30. The van der Waals surface area contributed by atoms with Crippen LogP contribution < -0.4 is 11.1 Å². The van der Waals surface area contributed by atoms with Gasteiger partial charge in [0, 0.05) is 32.6 Å². The molecule has 0 aliphatic carbocycles. The largest absolute Gasteiger partial charge is 0.450 e. The summed E-state index contributed by atoms with van der Waals surface area (Å²) < 4.78 is 10.1. The van der Waals surface area contributed by atoms with Gasteiger partial charge in [0.2, 0.25) is 11.8 Å². The average Bonchev–Trinajstić information content (AvgIpc) is 2.75. The van der Waals surface area contributed by atoms with Crippen LogP contribution in [0, 0.1) is 0 Å². The van der Waals surface area contributed by atoms with E-state index in [1.807, 2.05) is 30.3 Å². The van der Waals surface area contributed by atoms with Crippen molar-refractivity contribution in [1.29, 1.82) is 0 Å². The van der Waals surface area contributed by atoms with Gasteiger partial charge in [-0.2, -0.15) is 0 Å². The highest BCUT2D eigenvalue weighted by atomic mass is 16.6. The minimum atomic E-state index is -0.949. The molecule has 3 N–H and O–H groups in total. The van der Waals surface area contributed by atoms with E-state index in [2.05, 4.69) is 5.32 Å². The monoisotopic (exact) mass is 420 g/mol. The Labute approximate surface area is 175 Å². The lowest BCUT2D eigenvalue weighted by Gasteiger charge is -2.35. The second-order valence-corrected chi connectivity index (χ2v) is 6.77. The van der Waals surface area contributed by atoms with Crippen molar-refractivity contribution in [2.45, 2.75) is 32.4 Å². The van der Waals surface area contributed by atoms with Crippen molar-refractivity contribution in [3.05, 3.63) is 35.9 Å². The third kappa shape index (κ3) is 7.26. The summed E-state index contributed by atoms with van der Waals surface area (Å²) in [5, 5.41) is 2.53. The minimum absolute atomic E-state index is 0.0572. The maximum atomic E-state index is 12.9. The Morgan fingerprint density at radius 1 is 1.03 bits per heavy atom. The van der Waals surface area contributed by atoms with Crippen LogP contribution in [0.4, 0.5) is 9.59 Å². The van der Waals surface area contributed by atoms with E-state index < -0.39 is 24.1 Å². The molecule has 1 aromatic carbocycles. The molecule has 0 radical (unpaired) electrons. The van der Waals surface area contributed by atoms with Gasteiger partial charge in [0.05, 0.1) is 6.61 Å². The van der Waals surface area contributed by atoms with E-state index >= 15 is 0 Å². The molecule has 164 valence electrons. The Morgan fingerprint density at radius 3 is 2.27 bits per heavy atom. The van der Waals surface area contributed by atoms with E-state index in [0.29, 0.717) is 26.2 Å². The molecular formula is C20H28N4O6. The van der Waals surface area contributed by atoms with Crippen molar-refractivity contribution < 1.29 is 28.7 Å². The quantitative estimate of drug-likeness (QED) is 0.641. The van der Waals surface area contributed by atoms with Crippen molar-refractivity contribution in [2.75, 3.05) is 32.8 Å². The lowest BCUT2D eigenvalue weighted by molar-refractivity contribution is -0.135. The van der Waals surface area contributed by atoms with E-state index in [1.54, 1.807) is 11.8 Å². The number of hydrogen-bond acceptors (Lipinski definition) is 6. The van der Waals surface area contributed by atoms with Crippen LogP contribution in [0.1, 0.15) is 25.3 Å². The number of nitrogens with one attached hydrogen (secondary N) is 1. The fourth-order valence-electron chi connectivity index (χ4n) is 3.00. The van der Waals surface area contributed by atoms with Gasteiger partial charge in [-0.15, -0.1) is 0 Å². The molecule has 2 rings (SSSR count). The van der Waals surface area contributed by atoms with Crippen LogP contribution in [0.3, 0.4) is 0 Å². The SMILES string of the molecule is CCOC(=O)N1CCN(C(=O)[C@H](CCC(N)=O)NC(=O)OCc2ccccc2)CC1. The van der Waals surface area contributed by atoms with Gasteiger partial charge in [0.1, 0.15) is 12.6 Å². The molecular weight excluding hydrogens is 392 g/mol. The number of nitrogens with two attached hydrogens (primary N) is 1. The fraction of sp³-hybridized carbons (Fsp3) is 0.500. The number of rotatable bonds is 8. The van der Waals surface area contributed by atoms with Crippen molar-refractivity contribution in [3.63, 3.8) is 0 Å². The first kappa shape index (κ1) is 23.0. The minimum Gasteiger partial charge on any atom is -0.450 e. The zero-order valence-corrected chi connectivity index (χ0v) is 17.0. The first-order valence-electron chi connectivity index (χ1n) is 9.86. The first-order valence-corrected chi connectivity index (χ1v) is 9.86. The van der Waals surface area contributed by atoms with Crippen LogP contribution in [-0.2, 0) is 25.7 Å². The molecule has 1 atom stereocenters. The van der Waals surface area contributed by atoms with Crippen LogP contribution in [0.2, 0.25) is 0 Å². The standard InChI is InChI=1S/C20H28N4O6/c1-2-29-20(28)24-12-10-23(11-13-24)18(26)16(8-9-17(21)25)22-19(27)30-14-15-6-4-3-5-7-15/h3-7,16H,2,8-14H2,1H3,(H2,21,25)(H,22,27)/t16-/m0/s1. The Balaban J connectivity index is 1.91. The number of alkyl carbamates (subject to hydrolysis) is 1. The Bertz CT molecular complexity index is 734. The number of primary amides is 1. The fourth-order valence-corrected chi connectivity index (χ4v) is 3.00. The smallest absolute Gasteiger partial charge is 0.409 e. The van der Waals surface area contributed by atoms with Crippen molar-refractivity contribution in [3.8, 4) is 0 Å². The van der Waals surface area contributed by atoms with E-state index in [1.165, 1.54) is 4.90 Å². The van der Waals surface area contributed by atoms with E-state index in [-0.39, 0.29) is 32.0 Å². The van der Waals surface area contributed by atoms with Gasteiger partial charge < -0.3 is 30.3 Å². The van der Waals surface area contributed by atoms with Crippen LogP contribution in [-0.4, -0.2) is 72.6 Å². The highest BCUT2D eigenvalue weighted by Gasteiger charge is 2.30. The third-order valence-corrected chi connectivity index (χ3v) is 4.60. The molecule has 10 heteroatoms. The zero-order valence-electron chi connectivity index (χ0n) is 17.0. The normalized spacial score (nSPS) is 14.6.